The minimum atomic E-state index is -0.446. The van der Waals surface area contributed by atoms with Gasteiger partial charge in [-0.2, -0.15) is 0 Å². The lowest BCUT2D eigenvalue weighted by atomic mass is 10.2. The largest absolute Gasteiger partial charge is 0.497 e. The van der Waals surface area contributed by atoms with Crippen LogP contribution in [0.5, 0.6) is 11.5 Å². The maximum absolute atomic E-state index is 14.1. The summed E-state index contributed by atoms with van der Waals surface area (Å²) in [7, 11) is 3.17. The van der Waals surface area contributed by atoms with Gasteiger partial charge in [0.25, 0.3) is 5.56 Å². The topological polar surface area (TPSA) is 87.4 Å². The molecule has 2 heterocycles. The summed E-state index contributed by atoms with van der Waals surface area (Å²) in [5, 5.41) is 3.36. The van der Waals surface area contributed by atoms with E-state index in [4.69, 9.17) is 9.47 Å². The second kappa shape index (κ2) is 10.1. The third kappa shape index (κ3) is 4.88. The first-order chi connectivity index (χ1) is 18.0. The number of benzene rings is 3. The van der Waals surface area contributed by atoms with Crippen molar-refractivity contribution in [3.8, 4) is 11.5 Å². The van der Waals surface area contributed by atoms with Crippen LogP contribution in [0.15, 0.2) is 77.9 Å². The molecule has 1 N–H and O–H groups in total. The van der Waals surface area contributed by atoms with E-state index in [2.05, 4.69) is 10.3 Å². The van der Waals surface area contributed by atoms with E-state index in [1.807, 2.05) is 48.5 Å². The molecule has 0 saturated carbocycles. The second-order valence-corrected chi connectivity index (χ2v) is 8.60. The van der Waals surface area contributed by atoms with Gasteiger partial charge in [0.1, 0.15) is 34.9 Å². The van der Waals surface area contributed by atoms with Crippen molar-refractivity contribution < 1.29 is 18.7 Å². The normalized spacial score (nSPS) is 11.1. The number of nitrogens with one attached hydrogen (secondary N) is 1. The fourth-order valence-corrected chi connectivity index (χ4v) is 4.36. The summed E-state index contributed by atoms with van der Waals surface area (Å²) in [4.78, 5) is 31.0. The molecule has 2 aromatic heterocycles. The van der Waals surface area contributed by atoms with Crippen LogP contribution < -0.4 is 20.3 Å². The van der Waals surface area contributed by atoms with Gasteiger partial charge in [0.15, 0.2) is 0 Å². The molecule has 0 bridgehead atoms. The third-order valence-corrected chi connectivity index (χ3v) is 6.23. The van der Waals surface area contributed by atoms with Gasteiger partial charge in [0, 0.05) is 11.9 Å². The molecule has 5 aromatic rings. The molecule has 188 valence electrons. The van der Waals surface area contributed by atoms with E-state index >= 15 is 0 Å². The first-order valence-corrected chi connectivity index (χ1v) is 11.7. The molecule has 9 heteroatoms. The number of aromatic nitrogens is 3. The number of amides is 1. The van der Waals surface area contributed by atoms with Crippen LogP contribution in [-0.2, 0) is 24.4 Å². The smallest absolute Gasteiger partial charge is 0.278 e. The monoisotopic (exact) mass is 500 g/mol. The van der Waals surface area contributed by atoms with Gasteiger partial charge in [-0.3, -0.25) is 14.2 Å². The predicted octanol–water partition coefficient (Wildman–Crippen LogP) is 3.87. The fourth-order valence-electron chi connectivity index (χ4n) is 4.36. The van der Waals surface area contributed by atoms with Crippen LogP contribution in [0.3, 0.4) is 0 Å². The first-order valence-electron chi connectivity index (χ1n) is 11.7. The maximum Gasteiger partial charge on any atom is 0.278 e. The molecule has 8 nitrogen and oxygen atoms in total. The Morgan fingerprint density at radius 3 is 2.51 bits per heavy atom. The summed E-state index contributed by atoms with van der Waals surface area (Å²) in [6, 6.07) is 19.0. The molecule has 3 aromatic carbocycles. The Labute approximate surface area is 211 Å². The van der Waals surface area contributed by atoms with Gasteiger partial charge < -0.3 is 19.4 Å². The van der Waals surface area contributed by atoms with Crippen molar-refractivity contribution in [3.05, 3.63) is 100 Å². The summed E-state index contributed by atoms with van der Waals surface area (Å²) in [6.45, 7) is 0.449. The van der Waals surface area contributed by atoms with E-state index < -0.39 is 5.82 Å². The number of hydrogen-bond donors (Lipinski definition) is 1. The minimum absolute atomic E-state index is 0.126. The van der Waals surface area contributed by atoms with Gasteiger partial charge in [-0.15, -0.1) is 0 Å². The number of hydrogen-bond acceptors (Lipinski definition) is 5. The Bertz CT molecular complexity index is 1660. The van der Waals surface area contributed by atoms with E-state index in [1.54, 1.807) is 24.9 Å². The van der Waals surface area contributed by atoms with Crippen molar-refractivity contribution in [3.63, 3.8) is 0 Å². The molecule has 0 spiro atoms. The van der Waals surface area contributed by atoms with Crippen LogP contribution in [0.1, 0.15) is 11.1 Å². The Hall–Kier alpha value is -4.66. The molecule has 0 unspecified atom stereocenters. The van der Waals surface area contributed by atoms with Gasteiger partial charge in [0.2, 0.25) is 5.91 Å². The molecule has 0 saturated heterocycles. The van der Waals surface area contributed by atoms with Crippen LogP contribution in [0, 0.1) is 5.82 Å². The van der Waals surface area contributed by atoms with Crippen molar-refractivity contribution in [2.45, 2.75) is 19.6 Å². The molecule has 0 atom stereocenters. The predicted molar refractivity (Wildman–Crippen MR) is 138 cm³/mol. The minimum Gasteiger partial charge on any atom is -0.497 e. The Morgan fingerprint density at radius 2 is 1.76 bits per heavy atom. The highest BCUT2D eigenvalue weighted by Gasteiger charge is 2.19. The van der Waals surface area contributed by atoms with Crippen LogP contribution in [0.2, 0.25) is 0 Å². The van der Waals surface area contributed by atoms with Crippen molar-refractivity contribution >= 4 is 27.8 Å². The van der Waals surface area contributed by atoms with Crippen molar-refractivity contribution in [1.29, 1.82) is 0 Å². The number of halogens is 1. The summed E-state index contributed by atoms with van der Waals surface area (Å²) < 4.78 is 27.6. The molecule has 0 aliphatic carbocycles. The van der Waals surface area contributed by atoms with E-state index in [9.17, 15) is 14.0 Å². The fraction of sp³-hybridized carbons (Fsp3) is 0.179. The van der Waals surface area contributed by atoms with Crippen LogP contribution in [0.25, 0.3) is 21.9 Å². The number of rotatable bonds is 8. The highest BCUT2D eigenvalue weighted by molar-refractivity contribution is 6.06. The number of ether oxygens (including phenoxy) is 2. The van der Waals surface area contributed by atoms with Crippen molar-refractivity contribution in [1.82, 2.24) is 19.4 Å². The third-order valence-electron chi connectivity index (χ3n) is 6.23. The summed E-state index contributed by atoms with van der Waals surface area (Å²) in [5.41, 5.74) is 2.59. The quantitative estimate of drug-likeness (QED) is 0.350. The molecule has 0 radical (unpaired) electrons. The second-order valence-electron chi connectivity index (χ2n) is 8.60. The summed E-state index contributed by atoms with van der Waals surface area (Å²) in [6.07, 6.45) is 1.45. The highest BCUT2D eigenvalue weighted by atomic mass is 19.1. The number of methoxy groups -OCH3 is 2. The van der Waals surface area contributed by atoms with Crippen molar-refractivity contribution in [2.24, 2.45) is 0 Å². The van der Waals surface area contributed by atoms with E-state index in [0.717, 1.165) is 11.1 Å². The number of carbonyl (C=O) groups excluding carboxylic acids is 1. The first kappa shape index (κ1) is 24.1. The standard InChI is InChI=1S/C28H25FN4O4/c1-36-21-9-6-18(7-10-21)15-32-17-31-26-23-13-20(29)8-11-24(23)33(27(26)28(32)35)16-25(34)30-14-19-4-3-5-22(12-19)37-2/h3-13,17H,14-16H2,1-2H3,(H,30,34). The van der Waals surface area contributed by atoms with Gasteiger partial charge in [-0.25, -0.2) is 9.37 Å². The lowest BCUT2D eigenvalue weighted by Crippen LogP contribution is -2.29. The molecular formula is C28H25FN4O4. The molecular weight excluding hydrogens is 475 g/mol. The molecule has 0 aliphatic rings. The van der Waals surface area contributed by atoms with Crippen LogP contribution >= 0.6 is 0 Å². The molecule has 5 rings (SSSR count). The summed E-state index contributed by atoms with van der Waals surface area (Å²) in [5.74, 6) is 0.667. The molecule has 1 amide bonds. The Balaban J connectivity index is 1.49. The van der Waals surface area contributed by atoms with E-state index in [0.29, 0.717) is 34.5 Å². The zero-order chi connectivity index (χ0) is 25.9. The van der Waals surface area contributed by atoms with Crippen LogP contribution in [-0.4, -0.2) is 34.2 Å². The maximum atomic E-state index is 14.1. The average molecular weight is 501 g/mol. The van der Waals surface area contributed by atoms with Gasteiger partial charge in [-0.1, -0.05) is 24.3 Å². The van der Waals surface area contributed by atoms with E-state index in [-0.39, 0.29) is 30.1 Å². The highest BCUT2D eigenvalue weighted by Crippen LogP contribution is 2.26. The zero-order valence-corrected chi connectivity index (χ0v) is 20.4. The molecule has 37 heavy (non-hydrogen) atoms. The van der Waals surface area contributed by atoms with Crippen molar-refractivity contribution in [2.75, 3.05) is 14.2 Å². The lowest BCUT2D eigenvalue weighted by Gasteiger charge is -2.11. The molecule has 0 fully saturated rings. The Morgan fingerprint density at radius 1 is 0.973 bits per heavy atom. The Kier molecular flexibility index (Phi) is 6.59. The van der Waals surface area contributed by atoms with Crippen LogP contribution in [0.4, 0.5) is 4.39 Å². The SMILES string of the molecule is COc1ccc(Cn2cnc3c4cc(F)ccc4n(CC(=O)NCc4cccc(OC)c4)c3c2=O)cc1. The van der Waals surface area contributed by atoms with Gasteiger partial charge in [-0.05, 0) is 53.6 Å². The van der Waals surface area contributed by atoms with Gasteiger partial charge >= 0.3 is 0 Å². The summed E-state index contributed by atoms with van der Waals surface area (Å²) >= 11 is 0. The number of fused-ring (bicyclic) bond motifs is 3. The average Bonchev–Trinajstić information content (AvgIpc) is 3.22. The lowest BCUT2D eigenvalue weighted by molar-refractivity contribution is -0.121. The van der Waals surface area contributed by atoms with E-state index in [1.165, 1.54) is 23.0 Å². The number of carbonyl (C=O) groups is 1. The molecule has 0 aliphatic heterocycles. The zero-order valence-electron chi connectivity index (χ0n) is 20.4. The number of nitrogens with zero attached hydrogens (tertiary/aromatic N) is 3. The van der Waals surface area contributed by atoms with Gasteiger partial charge in [0.05, 0.1) is 32.6 Å².